The van der Waals surface area contributed by atoms with Crippen LogP contribution < -0.4 is 5.32 Å². The third kappa shape index (κ3) is 2.49. The zero-order valence-electron chi connectivity index (χ0n) is 9.67. The molecule has 0 unspecified atom stereocenters. The van der Waals surface area contributed by atoms with Crippen LogP contribution in [0.3, 0.4) is 0 Å². The molecule has 4 nitrogen and oxygen atoms in total. The summed E-state index contributed by atoms with van der Waals surface area (Å²) in [6.45, 7) is 0.861. The predicted molar refractivity (Wildman–Crippen MR) is 69.3 cm³/mol. The second-order valence-electron chi connectivity index (χ2n) is 4.47. The third-order valence-electron chi connectivity index (χ3n) is 3.21. The molecule has 0 radical (unpaired) electrons. The molecule has 1 N–H and O–H groups in total. The lowest BCUT2D eigenvalue weighted by Crippen LogP contribution is -2.18. The minimum atomic E-state index is 0.609. The molecule has 0 bridgehead atoms. The van der Waals surface area contributed by atoms with Crippen LogP contribution >= 0.6 is 11.3 Å². The molecule has 3 rings (SSSR count). The van der Waals surface area contributed by atoms with Gasteiger partial charge in [0.15, 0.2) is 0 Å². The number of hydrogen-bond donors (Lipinski definition) is 1. The lowest BCUT2D eigenvalue weighted by molar-refractivity contribution is 0.718. The first-order valence-corrected chi connectivity index (χ1v) is 6.95. The lowest BCUT2D eigenvalue weighted by Gasteiger charge is -2.14. The van der Waals surface area contributed by atoms with Gasteiger partial charge in [0.2, 0.25) is 5.95 Å². The average molecular weight is 248 g/mol. The zero-order chi connectivity index (χ0) is 11.5. The maximum atomic E-state index is 4.40. The van der Waals surface area contributed by atoms with E-state index >= 15 is 0 Å². The maximum Gasteiger partial charge on any atom is 0.203 e. The fourth-order valence-corrected chi connectivity index (χ4v) is 2.91. The van der Waals surface area contributed by atoms with Crippen molar-refractivity contribution in [1.82, 2.24) is 14.5 Å². The van der Waals surface area contributed by atoms with Crippen molar-refractivity contribution in [3.63, 3.8) is 0 Å². The number of nitrogens with zero attached hydrogens (tertiary/aromatic N) is 3. The van der Waals surface area contributed by atoms with E-state index in [1.54, 1.807) is 11.3 Å². The average Bonchev–Trinajstić information content (AvgIpc) is 3.04. The standard InChI is InChI=1S/C12H16N4S/c1-2-4-10(3-1)15-12-14-5-6-16(12)8-11-7-13-9-17-11/h5-7,9-10H,1-4,8H2,(H,14,15). The smallest absolute Gasteiger partial charge is 0.203 e. The molecule has 1 fully saturated rings. The van der Waals surface area contributed by atoms with Gasteiger partial charge < -0.3 is 9.88 Å². The molecule has 2 heterocycles. The van der Waals surface area contributed by atoms with E-state index in [2.05, 4.69) is 19.9 Å². The van der Waals surface area contributed by atoms with Crippen molar-refractivity contribution in [2.24, 2.45) is 0 Å². The zero-order valence-corrected chi connectivity index (χ0v) is 10.5. The van der Waals surface area contributed by atoms with Gasteiger partial charge in [-0.25, -0.2) is 4.98 Å². The third-order valence-corrected chi connectivity index (χ3v) is 3.98. The minimum absolute atomic E-state index is 0.609. The summed E-state index contributed by atoms with van der Waals surface area (Å²) in [6.07, 6.45) is 11.0. The number of imidazole rings is 1. The Bertz CT molecular complexity index is 457. The molecule has 0 saturated heterocycles. The molecule has 0 atom stereocenters. The molecular formula is C12H16N4S. The molecule has 2 aromatic heterocycles. The van der Waals surface area contributed by atoms with Crippen LogP contribution in [0.4, 0.5) is 5.95 Å². The topological polar surface area (TPSA) is 42.7 Å². The van der Waals surface area contributed by atoms with Crippen molar-refractivity contribution < 1.29 is 0 Å². The quantitative estimate of drug-likeness (QED) is 0.904. The summed E-state index contributed by atoms with van der Waals surface area (Å²) >= 11 is 1.69. The van der Waals surface area contributed by atoms with Gasteiger partial charge in [0.05, 0.1) is 12.1 Å². The summed E-state index contributed by atoms with van der Waals surface area (Å²) < 4.78 is 2.16. The Labute approximate surface area is 105 Å². The second-order valence-corrected chi connectivity index (χ2v) is 5.44. The minimum Gasteiger partial charge on any atom is -0.353 e. The van der Waals surface area contributed by atoms with Crippen LogP contribution in [0.2, 0.25) is 0 Å². The molecule has 2 aromatic rings. The maximum absolute atomic E-state index is 4.40. The molecule has 90 valence electrons. The SMILES string of the molecule is c1cn(Cc2cncs2)c(NC2CCCC2)n1. The first-order valence-electron chi connectivity index (χ1n) is 6.07. The summed E-state index contributed by atoms with van der Waals surface area (Å²) in [6, 6.07) is 0.609. The number of thiazole rings is 1. The summed E-state index contributed by atoms with van der Waals surface area (Å²) in [5.74, 6) is 0.991. The van der Waals surface area contributed by atoms with Crippen LogP contribution in [0.15, 0.2) is 24.1 Å². The predicted octanol–water partition coefficient (Wildman–Crippen LogP) is 2.74. The van der Waals surface area contributed by atoms with Crippen LogP contribution in [-0.4, -0.2) is 20.6 Å². The van der Waals surface area contributed by atoms with Gasteiger partial charge in [-0.2, -0.15) is 0 Å². The van der Waals surface area contributed by atoms with Crippen molar-refractivity contribution in [2.75, 3.05) is 5.32 Å². The number of rotatable bonds is 4. The van der Waals surface area contributed by atoms with Crippen LogP contribution in [0.1, 0.15) is 30.6 Å². The van der Waals surface area contributed by atoms with Crippen LogP contribution in [-0.2, 0) is 6.54 Å². The highest BCUT2D eigenvalue weighted by molar-refractivity contribution is 7.09. The van der Waals surface area contributed by atoms with Gasteiger partial charge in [0, 0.05) is 29.5 Å². The van der Waals surface area contributed by atoms with Crippen molar-refractivity contribution in [2.45, 2.75) is 38.3 Å². The highest BCUT2D eigenvalue weighted by Gasteiger charge is 2.16. The van der Waals surface area contributed by atoms with Gasteiger partial charge in [0.1, 0.15) is 0 Å². The van der Waals surface area contributed by atoms with E-state index in [9.17, 15) is 0 Å². The molecular weight excluding hydrogens is 232 g/mol. The Hall–Kier alpha value is -1.36. The van der Waals surface area contributed by atoms with Gasteiger partial charge in [-0.15, -0.1) is 11.3 Å². The molecule has 5 heteroatoms. The van der Waals surface area contributed by atoms with Crippen molar-refractivity contribution in [3.05, 3.63) is 29.0 Å². The fraction of sp³-hybridized carbons (Fsp3) is 0.500. The van der Waals surface area contributed by atoms with Gasteiger partial charge in [-0.3, -0.25) is 4.98 Å². The normalized spacial score (nSPS) is 16.5. The van der Waals surface area contributed by atoms with E-state index in [1.807, 2.05) is 24.1 Å². The Morgan fingerprint density at radius 3 is 3.06 bits per heavy atom. The molecule has 0 spiro atoms. The van der Waals surface area contributed by atoms with E-state index in [-0.39, 0.29) is 0 Å². The van der Waals surface area contributed by atoms with E-state index < -0.39 is 0 Å². The Morgan fingerprint density at radius 1 is 1.41 bits per heavy atom. The Morgan fingerprint density at radius 2 is 2.29 bits per heavy atom. The van der Waals surface area contributed by atoms with Gasteiger partial charge >= 0.3 is 0 Å². The van der Waals surface area contributed by atoms with E-state index in [4.69, 9.17) is 0 Å². The fourth-order valence-electron chi connectivity index (χ4n) is 2.32. The molecule has 0 amide bonds. The number of hydrogen-bond acceptors (Lipinski definition) is 4. The Balaban J connectivity index is 1.70. The van der Waals surface area contributed by atoms with Gasteiger partial charge in [0.25, 0.3) is 0 Å². The van der Waals surface area contributed by atoms with E-state index in [1.165, 1.54) is 30.6 Å². The summed E-state index contributed by atoms with van der Waals surface area (Å²) in [7, 11) is 0. The van der Waals surface area contributed by atoms with E-state index in [0.29, 0.717) is 6.04 Å². The highest BCUT2D eigenvalue weighted by atomic mass is 32.1. The molecule has 17 heavy (non-hydrogen) atoms. The number of nitrogens with one attached hydrogen (secondary N) is 1. The number of aromatic nitrogens is 3. The van der Waals surface area contributed by atoms with Gasteiger partial charge in [-0.1, -0.05) is 12.8 Å². The molecule has 1 aliphatic carbocycles. The second kappa shape index (κ2) is 4.87. The van der Waals surface area contributed by atoms with Crippen molar-refractivity contribution in [1.29, 1.82) is 0 Å². The van der Waals surface area contributed by atoms with Crippen molar-refractivity contribution in [3.8, 4) is 0 Å². The Kier molecular flexibility index (Phi) is 3.09. The van der Waals surface area contributed by atoms with Crippen molar-refractivity contribution >= 4 is 17.3 Å². The van der Waals surface area contributed by atoms with Gasteiger partial charge in [-0.05, 0) is 12.8 Å². The van der Waals surface area contributed by atoms with Crippen LogP contribution in [0.5, 0.6) is 0 Å². The van der Waals surface area contributed by atoms with E-state index in [0.717, 1.165) is 12.5 Å². The molecule has 1 aliphatic rings. The first kappa shape index (κ1) is 10.8. The van der Waals surface area contributed by atoms with Crippen LogP contribution in [0, 0.1) is 0 Å². The molecule has 0 aromatic carbocycles. The molecule has 1 saturated carbocycles. The first-order chi connectivity index (χ1) is 8.42. The summed E-state index contributed by atoms with van der Waals surface area (Å²) in [5.41, 5.74) is 1.87. The number of anilines is 1. The van der Waals surface area contributed by atoms with Crippen LogP contribution in [0.25, 0.3) is 0 Å². The largest absolute Gasteiger partial charge is 0.353 e. The summed E-state index contributed by atoms with van der Waals surface area (Å²) in [5, 5.41) is 3.54. The summed E-state index contributed by atoms with van der Waals surface area (Å²) in [4.78, 5) is 9.76. The lowest BCUT2D eigenvalue weighted by atomic mass is 10.2. The monoisotopic (exact) mass is 248 g/mol. The molecule has 0 aliphatic heterocycles. The highest BCUT2D eigenvalue weighted by Crippen LogP contribution is 2.22.